The van der Waals surface area contributed by atoms with Crippen LogP contribution in [0.5, 0.6) is 0 Å². The van der Waals surface area contributed by atoms with Crippen molar-refractivity contribution in [3.05, 3.63) is 0 Å². The zero-order chi connectivity index (χ0) is 84.8. The van der Waals surface area contributed by atoms with Gasteiger partial charge < -0.3 is 33.8 Å². The number of phosphoric ester groups is 2. The van der Waals surface area contributed by atoms with Crippen LogP contribution in [0.25, 0.3) is 0 Å². The summed E-state index contributed by atoms with van der Waals surface area (Å²) < 4.78 is 69.3. The predicted octanol–water partition coefficient (Wildman–Crippen LogP) is 30.5. The molecular formula is C97H190O17P2. The van der Waals surface area contributed by atoms with Gasteiger partial charge in [-0.2, -0.15) is 0 Å². The van der Waals surface area contributed by atoms with Crippen molar-refractivity contribution >= 4 is 39.5 Å². The third kappa shape index (κ3) is 87.0. The standard InChI is InChI=1S/C97H190O17P2/c1-7-11-13-15-17-19-21-23-25-27-29-31-32-34-38-42-46-50-54-61-67-73-79-94(99)107-85-92(113-96(101)81-75-70-64-56-52-48-44-40-36-35-37-41-45-49-53-59-65-71-77-89(5)9-3)87-111-115(103,104)109-83-91(98)84-110-116(105,106)112-88-93(86-108-95(100)80-74-68-62-58-57-60-66-72-78-90(6)10-4)114-97(102)82-76-69-63-55-51-47-43-39-33-30-28-26-24-22-20-18-16-14-12-8-2/h89-93,98H,7-88H2,1-6H3,(H,103,104)(H,105,106)/t89?,90?,91-,92-,93-/m1/s1. The van der Waals surface area contributed by atoms with Crippen LogP contribution in [0.4, 0.5) is 0 Å². The van der Waals surface area contributed by atoms with E-state index in [1.807, 2.05) is 0 Å². The molecule has 690 valence electrons. The molecule has 0 aromatic carbocycles. The number of aliphatic hydroxyl groups excluding tert-OH is 1. The minimum absolute atomic E-state index is 0.109. The lowest BCUT2D eigenvalue weighted by Gasteiger charge is -2.21. The molecule has 0 aliphatic heterocycles. The Bertz CT molecular complexity index is 2210. The van der Waals surface area contributed by atoms with Crippen molar-refractivity contribution in [2.45, 2.75) is 548 Å². The molecule has 0 radical (unpaired) electrons. The fourth-order valence-corrected chi connectivity index (χ4v) is 16.9. The predicted molar refractivity (Wildman–Crippen MR) is 483 cm³/mol. The molecule has 0 aliphatic carbocycles. The van der Waals surface area contributed by atoms with Crippen molar-refractivity contribution in [1.82, 2.24) is 0 Å². The minimum atomic E-state index is -4.97. The first-order valence-electron chi connectivity index (χ1n) is 50.1. The van der Waals surface area contributed by atoms with Gasteiger partial charge in [0.2, 0.25) is 0 Å². The second-order valence-corrected chi connectivity index (χ2v) is 38.2. The van der Waals surface area contributed by atoms with E-state index in [0.717, 1.165) is 102 Å². The molecule has 0 aliphatic rings. The second kappa shape index (κ2) is 87.9. The average molecular weight is 1690 g/mol. The number of unbranched alkanes of at least 4 members (excludes halogenated alkanes) is 64. The summed E-state index contributed by atoms with van der Waals surface area (Å²) in [6.07, 6.45) is 84.9. The molecule has 0 saturated carbocycles. The lowest BCUT2D eigenvalue weighted by atomic mass is 9.99. The largest absolute Gasteiger partial charge is 0.472 e. The van der Waals surface area contributed by atoms with Crippen LogP contribution in [0.3, 0.4) is 0 Å². The molecule has 0 spiro atoms. The number of phosphoric acid groups is 2. The van der Waals surface area contributed by atoms with Crippen molar-refractivity contribution in [2.24, 2.45) is 11.8 Å². The van der Waals surface area contributed by atoms with Gasteiger partial charge in [0.25, 0.3) is 0 Å². The summed E-state index contributed by atoms with van der Waals surface area (Å²) in [6, 6.07) is 0. The molecule has 7 atom stereocenters. The fraction of sp³-hybridized carbons (Fsp3) is 0.959. The number of carbonyl (C=O) groups is 4. The maximum absolute atomic E-state index is 13.2. The Kier molecular flexibility index (Phi) is 86.5. The molecule has 0 fully saturated rings. The van der Waals surface area contributed by atoms with Crippen molar-refractivity contribution in [3.63, 3.8) is 0 Å². The molecule has 116 heavy (non-hydrogen) atoms. The summed E-state index contributed by atoms with van der Waals surface area (Å²) in [5.41, 5.74) is 0. The molecule has 3 N–H and O–H groups in total. The number of hydrogen-bond donors (Lipinski definition) is 3. The highest BCUT2D eigenvalue weighted by atomic mass is 31.2. The van der Waals surface area contributed by atoms with Gasteiger partial charge in [-0.25, -0.2) is 9.13 Å². The smallest absolute Gasteiger partial charge is 0.462 e. The summed E-state index contributed by atoms with van der Waals surface area (Å²) in [7, 11) is -9.94. The van der Waals surface area contributed by atoms with Crippen LogP contribution in [-0.4, -0.2) is 96.7 Å². The average Bonchev–Trinajstić information content (AvgIpc) is 0.894. The number of rotatable bonds is 96. The molecule has 0 saturated heterocycles. The van der Waals surface area contributed by atoms with Gasteiger partial charge in [0.1, 0.15) is 19.3 Å². The van der Waals surface area contributed by atoms with Crippen LogP contribution in [0.1, 0.15) is 530 Å². The Balaban J connectivity index is 5.24. The second-order valence-electron chi connectivity index (χ2n) is 35.3. The van der Waals surface area contributed by atoms with Crippen LogP contribution in [0.2, 0.25) is 0 Å². The third-order valence-corrected chi connectivity index (χ3v) is 25.6. The van der Waals surface area contributed by atoms with Gasteiger partial charge in [0.15, 0.2) is 12.2 Å². The number of ether oxygens (including phenoxy) is 4. The van der Waals surface area contributed by atoms with E-state index in [0.29, 0.717) is 25.7 Å². The van der Waals surface area contributed by atoms with E-state index >= 15 is 0 Å². The Morgan fingerprint density at radius 3 is 0.612 bits per heavy atom. The van der Waals surface area contributed by atoms with Gasteiger partial charge in [-0.05, 0) is 37.5 Å². The van der Waals surface area contributed by atoms with E-state index in [2.05, 4.69) is 41.5 Å². The molecule has 0 aromatic rings. The van der Waals surface area contributed by atoms with Crippen LogP contribution in [-0.2, 0) is 65.4 Å². The molecule has 0 bridgehead atoms. The first kappa shape index (κ1) is 114. The fourth-order valence-electron chi connectivity index (χ4n) is 15.3. The Labute approximate surface area is 715 Å². The molecule has 17 nitrogen and oxygen atoms in total. The molecular weight excluding hydrogens is 1500 g/mol. The van der Waals surface area contributed by atoms with Crippen molar-refractivity contribution < 1.29 is 80.2 Å². The summed E-state index contributed by atoms with van der Waals surface area (Å²) in [5.74, 6) is -0.442. The highest BCUT2D eigenvalue weighted by molar-refractivity contribution is 7.47. The maximum Gasteiger partial charge on any atom is 0.472 e. The lowest BCUT2D eigenvalue weighted by Crippen LogP contribution is -2.30. The van der Waals surface area contributed by atoms with Gasteiger partial charge in [0, 0.05) is 25.7 Å². The molecule has 0 aromatic heterocycles. The first-order valence-corrected chi connectivity index (χ1v) is 53.1. The number of carbonyl (C=O) groups excluding carboxylic acids is 4. The topological polar surface area (TPSA) is 237 Å². The number of esters is 4. The van der Waals surface area contributed by atoms with Crippen molar-refractivity contribution in [2.75, 3.05) is 39.6 Å². The highest BCUT2D eigenvalue weighted by Gasteiger charge is 2.31. The lowest BCUT2D eigenvalue weighted by molar-refractivity contribution is -0.161. The third-order valence-electron chi connectivity index (χ3n) is 23.7. The van der Waals surface area contributed by atoms with E-state index in [9.17, 15) is 43.2 Å². The van der Waals surface area contributed by atoms with Crippen molar-refractivity contribution in [1.29, 1.82) is 0 Å². The van der Waals surface area contributed by atoms with Crippen LogP contribution in [0.15, 0.2) is 0 Å². The SMILES string of the molecule is CCCCCCCCCCCCCCCCCCCCCCCCC(=O)OC[C@H](COP(=O)(O)OC[C@@H](O)COP(=O)(O)OC[C@@H](COC(=O)CCCCCCCCCCC(C)CC)OC(=O)CCCCCCCCCCCCCCCCCCCCCC)OC(=O)CCCCCCCCCCCCCCCCCCCCC(C)CC. The van der Waals surface area contributed by atoms with E-state index in [4.69, 9.17) is 37.0 Å². The molecule has 0 amide bonds. The highest BCUT2D eigenvalue weighted by Crippen LogP contribution is 2.45. The molecule has 0 rings (SSSR count). The number of aliphatic hydroxyl groups is 1. The summed E-state index contributed by atoms with van der Waals surface area (Å²) in [5, 5.41) is 10.7. The monoisotopic (exact) mass is 1690 g/mol. The minimum Gasteiger partial charge on any atom is -0.462 e. The van der Waals surface area contributed by atoms with Crippen LogP contribution < -0.4 is 0 Å². The van der Waals surface area contributed by atoms with Gasteiger partial charge in [-0.15, -0.1) is 0 Å². The first-order chi connectivity index (χ1) is 56.4. The van der Waals surface area contributed by atoms with Gasteiger partial charge >= 0.3 is 39.5 Å². The zero-order valence-corrected chi connectivity index (χ0v) is 78.6. The summed E-state index contributed by atoms with van der Waals surface area (Å²) in [6.45, 7) is 9.81. The molecule has 4 unspecified atom stereocenters. The summed E-state index contributed by atoms with van der Waals surface area (Å²) >= 11 is 0. The van der Waals surface area contributed by atoms with E-state index in [-0.39, 0.29) is 25.7 Å². The molecule has 0 heterocycles. The van der Waals surface area contributed by atoms with Crippen LogP contribution in [0, 0.1) is 11.8 Å². The van der Waals surface area contributed by atoms with Crippen molar-refractivity contribution in [3.8, 4) is 0 Å². The normalized spacial score (nSPS) is 14.1. The summed E-state index contributed by atoms with van der Waals surface area (Å²) in [4.78, 5) is 73.6. The quantitative estimate of drug-likeness (QED) is 0.0222. The number of hydrogen-bond acceptors (Lipinski definition) is 15. The Morgan fingerprint density at radius 1 is 0.241 bits per heavy atom. The van der Waals surface area contributed by atoms with E-state index in [1.165, 1.54) is 347 Å². The Morgan fingerprint density at radius 2 is 0.414 bits per heavy atom. The van der Waals surface area contributed by atoms with Gasteiger partial charge in [-0.3, -0.25) is 37.3 Å². The van der Waals surface area contributed by atoms with E-state index in [1.54, 1.807) is 0 Å². The Hall–Kier alpha value is -1.94. The van der Waals surface area contributed by atoms with E-state index < -0.39 is 97.5 Å². The molecule has 19 heteroatoms. The maximum atomic E-state index is 13.2. The van der Waals surface area contributed by atoms with Gasteiger partial charge in [-0.1, -0.05) is 478 Å². The van der Waals surface area contributed by atoms with Gasteiger partial charge in [0.05, 0.1) is 26.4 Å². The van der Waals surface area contributed by atoms with Crippen LogP contribution >= 0.6 is 15.6 Å². The zero-order valence-electron chi connectivity index (χ0n) is 76.8.